The molecule has 1 atom stereocenters. The highest BCUT2D eigenvalue weighted by Gasteiger charge is 2.34. The molecule has 1 saturated heterocycles. The third-order valence-corrected chi connectivity index (χ3v) is 7.89. The lowest BCUT2D eigenvalue weighted by Crippen LogP contribution is -2.25. The zero-order valence-electron chi connectivity index (χ0n) is 23.6. The molecule has 0 spiro atoms. The predicted octanol–water partition coefficient (Wildman–Crippen LogP) is 4.43. The number of hydrogen-bond donors (Lipinski definition) is 1. The third kappa shape index (κ3) is 5.46. The zero-order valence-corrected chi connectivity index (χ0v) is 23.6. The maximum Gasteiger partial charge on any atom is 0.341 e. The maximum absolute atomic E-state index is 15.6. The van der Waals surface area contributed by atoms with E-state index in [4.69, 9.17) is 14.3 Å². The van der Waals surface area contributed by atoms with E-state index in [2.05, 4.69) is 15.1 Å². The van der Waals surface area contributed by atoms with Gasteiger partial charge in [0, 0.05) is 37.5 Å². The number of aromatic carboxylic acids is 1. The minimum atomic E-state index is -1.35. The summed E-state index contributed by atoms with van der Waals surface area (Å²) in [7, 11) is 0. The number of nitrogens with zero attached hydrogens (tertiary/aromatic N) is 5. The molecule has 0 amide bonds. The van der Waals surface area contributed by atoms with Gasteiger partial charge >= 0.3 is 5.97 Å². The van der Waals surface area contributed by atoms with Crippen molar-refractivity contribution in [2.24, 2.45) is 16.1 Å². The largest absolute Gasteiger partial charge is 0.477 e. The van der Waals surface area contributed by atoms with Crippen molar-refractivity contribution in [3.05, 3.63) is 93.5 Å². The van der Waals surface area contributed by atoms with Gasteiger partial charge in [0.15, 0.2) is 23.1 Å². The number of fused-ring (bicyclic) bond motifs is 2. The van der Waals surface area contributed by atoms with Gasteiger partial charge in [-0.05, 0) is 42.2 Å². The Labute approximate surface area is 250 Å². The van der Waals surface area contributed by atoms with Crippen LogP contribution in [0.15, 0.2) is 75.7 Å². The van der Waals surface area contributed by atoms with Crippen molar-refractivity contribution >= 4 is 34.7 Å². The Balaban J connectivity index is 1.18. The van der Waals surface area contributed by atoms with Gasteiger partial charge in [-0.3, -0.25) is 9.79 Å². The third-order valence-electron chi connectivity index (χ3n) is 7.89. The van der Waals surface area contributed by atoms with Gasteiger partial charge in [-0.25, -0.2) is 14.2 Å². The van der Waals surface area contributed by atoms with Crippen molar-refractivity contribution in [2.45, 2.75) is 25.5 Å². The Morgan fingerprint density at radius 3 is 2.75 bits per heavy atom. The highest BCUT2D eigenvalue weighted by atomic mass is 19.1. The molecule has 7 rings (SSSR count). The Bertz CT molecular complexity index is 1870. The summed E-state index contributed by atoms with van der Waals surface area (Å²) in [6.07, 6.45) is 4.76. The summed E-state index contributed by atoms with van der Waals surface area (Å²) in [5, 5.41) is 13.9. The molecule has 1 unspecified atom stereocenters. The summed E-state index contributed by atoms with van der Waals surface area (Å²) in [5.41, 5.74) is 1.61. The average Bonchev–Trinajstić information content (AvgIpc) is 3.62. The monoisotopic (exact) mass is 597 g/mol. The van der Waals surface area contributed by atoms with E-state index in [9.17, 15) is 14.7 Å². The lowest BCUT2D eigenvalue weighted by atomic mass is 10.1. The van der Waals surface area contributed by atoms with Gasteiger partial charge in [0.1, 0.15) is 17.8 Å². The molecule has 224 valence electrons. The van der Waals surface area contributed by atoms with Gasteiger partial charge in [-0.1, -0.05) is 41.6 Å². The number of oxime groups is 1. The van der Waals surface area contributed by atoms with Crippen molar-refractivity contribution in [1.82, 2.24) is 9.55 Å². The summed E-state index contributed by atoms with van der Waals surface area (Å²) in [5.74, 6) is -0.864. The van der Waals surface area contributed by atoms with E-state index in [-0.39, 0.29) is 48.8 Å². The molecule has 2 aromatic carbocycles. The number of rotatable bonds is 9. The van der Waals surface area contributed by atoms with Gasteiger partial charge in [0.05, 0.1) is 17.6 Å². The van der Waals surface area contributed by atoms with E-state index >= 15 is 4.39 Å². The summed E-state index contributed by atoms with van der Waals surface area (Å²) in [4.78, 5) is 41.4. The van der Waals surface area contributed by atoms with Crippen LogP contribution in [0.3, 0.4) is 0 Å². The summed E-state index contributed by atoms with van der Waals surface area (Å²) < 4.78 is 28.1. The van der Waals surface area contributed by atoms with Gasteiger partial charge in [0.25, 0.3) is 0 Å². The van der Waals surface area contributed by atoms with Crippen LogP contribution >= 0.6 is 0 Å². The second-order valence-electron chi connectivity index (χ2n) is 11.0. The van der Waals surface area contributed by atoms with Crippen LogP contribution in [0.2, 0.25) is 0 Å². The molecule has 4 aromatic rings. The van der Waals surface area contributed by atoms with Crippen molar-refractivity contribution in [3.8, 4) is 11.5 Å². The molecular weight excluding hydrogens is 569 g/mol. The summed E-state index contributed by atoms with van der Waals surface area (Å²) in [6.45, 7) is 1.38. The zero-order chi connectivity index (χ0) is 30.2. The molecule has 2 fully saturated rings. The standard InChI is InChI=1S/C32H28FN5O6/c33-25-11-23-29(39)24(32(40)41)15-38(22-7-8-22)30(23)35-31(25)37-14-21(13-34-12-19-4-2-1-3-5-19)26(16-37)36-44-17-20-6-9-27-28(10-20)43-18-42-27/h1-6,9-12,15,21-22H,7-8,13-14,16-18H2,(H,40,41)/b34-12?,36-26+. The van der Waals surface area contributed by atoms with Crippen LogP contribution in [0.1, 0.15) is 40.4 Å². The lowest BCUT2D eigenvalue weighted by Gasteiger charge is -2.19. The molecule has 4 heterocycles. The minimum absolute atomic E-state index is 0.0161. The molecule has 1 N–H and O–H groups in total. The van der Waals surface area contributed by atoms with E-state index in [0.717, 1.165) is 30.0 Å². The van der Waals surface area contributed by atoms with Gasteiger partial charge in [-0.2, -0.15) is 0 Å². The molecule has 2 aromatic heterocycles. The number of halogens is 1. The number of ether oxygens (including phenoxy) is 2. The smallest absolute Gasteiger partial charge is 0.341 e. The number of aromatic nitrogens is 2. The first kappa shape index (κ1) is 27.6. The number of aliphatic imine (C=N–C) groups is 1. The molecule has 0 radical (unpaired) electrons. The normalized spacial score (nSPS) is 18.5. The number of carboxylic acid groups (broad SMARTS) is 1. The fourth-order valence-electron chi connectivity index (χ4n) is 5.48. The van der Waals surface area contributed by atoms with E-state index in [1.807, 2.05) is 48.5 Å². The van der Waals surface area contributed by atoms with Crippen LogP contribution < -0.4 is 19.8 Å². The predicted molar refractivity (Wildman–Crippen MR) is 161 cm³/mol. The summed E-state index contributed by atoms with van der Waals surface area (Å²) >= 11 is 0. The first-order valence-electron chi connectivity index (χ1n) is 14.3. The Hall–Kier alpha value is -5.26. The first-order chi connectivity index (χ1) is 21.4. The van der Waals surface area contributed by atoms with E-state index in [0.29, 0.717) is 30.3 Å². The van der Waals surface area contributed by atoms with Crippen molar-refractivity contribution < 1.29 is 28.6 Å². The van der Waals surface area contributed by atoms with E-state index < -0.39 is 22.8 Å². The number of pyridine rings is 2. The van der Waals surface area contributed by atoms with Crippen LogP contribution in [-0.2, 0) is 11.4 Å². The van der Waals surface area contributed by atoms with Gasteiger partial charge in [-0.15, -0.1) is 0 Å². The minimum Gasteiger partial charge on any atom is -0.477 e. The molecule has 1 aliphatic carbocycles. The van der Waals surface area contributed by atoms with E-state index in [1.165, 1.54) is 6.20 Å². The topological polar surface area (TPSA) is 128 Å². The summed E-state index contributed by atoms with van der Waals surface area (Å²) in [6, 6.07) is 16.4. The molecule has 3 aliphatic rings. The first-order valence-corrected chi connectivity index (χ1v) is 14.3. The fraction of sp³-hybridized carbons (Fsp3) is 0.281. The molecule has 0 bridgehead atoms. The molecule has 2 aliphatic heterocycles. The molecule has 12 heteroatoms. The molecule has 44 heavy (non-hydrogen) atoms. The second-order valence-corrected chi connectivity index (χ2v) is 11.0. The van der Waals surface area contributed by atoms with Gasteiger partial charge < -0.3 is 28.9 Å². The number of anilines is 1. The average molecular weight is 598 g/mol. The SMILES string of the molecule is O=C(O)c1cn(C2CC2)c2nc(N3C/C(=N\OCc4ccc5c(c4)OCO5)C(CN=Cc4ccccc4)C3)c(F)cc2c1=O. The van der Waals surface area contributed by atoms with Crippen LogP contribution in [0, 0.1) is 11.7 Å². The Kier molecular flexibility index (Phi) is 7.17. The fourth-order valence-corrected chi connectivity index (χ4v) is 5.48. The van der Waals surface area contributed by atoms with Crippen molar-refractivity contribution in [2.75, 3.05) is 31.3 Å². The number of carboxylic acids is 1. The number of benzene rings is 2. The van der Waals surface area contributed by atoms with E-state index in [1.54, 1.807) is 15.7 Å². The van der Waals surface area contributed by atoms with Crippen molar-refractivity contribution in [1.29, 1.82) is 0 Å². The number of hydrogen-bond acceptors (Lipinski definition) is 9. The Morgan fingerprint density at radius 1 is 1.14 bits per heavy atom. The second kappa shape index (κ2) is 11.4. The van der Waals surface area contributed by atoms with Crippen LogP contribution in [0.5, 0.6) is 11.5 Å². The number of carbonyl (C=O) groups is 1. The maximum atomic E-state index is 15.6. The Morgan fingerprint density at radius 2 is 1.95 bits per heavy atom. The van der Waals surface area contributed by atoms with Crippen molar-refractivity contribution in [3.63, 3.8) is 0 Å². The highest BCUT2D eigenvalue weighted by Crippen LogP contribution is 2.37. The molecule has 1 saturated carbocycles. The molecular formula is C32H28FN5O6. The highest BCUT2D eigenvalue weighted by molar-refractivity contribution is 5.95. The van der Waals surface area contributed by atoms with Gasteiger partial charge in [0.2, 0.25) is 12.2 Å². The lowest BCUT2D eigenvalue weighted by molar-refractivity contribution is 0.0694. The van der Waals surface area contributed by atoms with Crippen LogP contribution in [0.4, 0.5) is 10.2 Å². The quantitative estimate of drug-likeness (QED) is 0.222. The van der Waals surface area contributed by atoms with Crippen LogP contribution in [0.25, 0.3) is 11.0 Å². The van der Waals surface area contributed by atoms with Crippen LogP contribution in [-0.4, -0.2) is 59.0 Å². The molecule has 11 nitrogen and oxygen atoms in total.